The predicted molar refractivity (Wildman–Crippen MR) is 145 cm³/mol. The van der Waals surface area contributed by atoms with Gasteiger partial charge in [-0.2, -0.15) is 10.1 Å². The van der Waals surface area contributed by atoms with Gasteiger partial charge in [0, 0.05) is 20.6 Å². The van der Waals surface area contributed by atoms with Crippen molar-refractivity contribution in [3.63, 3.8) is 0 Å². The monoisotopic (exact) mass is 542 g/mol. The number of hydrazone groups is 1. The van der Waals surface area contributed by atoms with Crippen LogP contribution in [0.5, 0.6) is 5.75 Å². The third kappa shape index (κ3) is 5.21. The van der Waals surface area contributed by atoms with Crippen molar-refractivity contribution in [1.29, 1.82) is 0 Å². The van der Waals surface area contributed by atoms with Crippen molar-refractivity contribution in [3.8, 4) is 5.75 Å². The fourth-order valence-corrected chi connectivity index (χ4v) is 4.26. The number of ether oxygens (including phenoxy) is 1. The van der Waals surface area contributed by atoms with Crippen LogP contribution in [-0.2, 0) is 11.4 Å². The Hall–Kier alpha value is -3.67. The van der Waals surface area contributed by atoms with Crippen LogP contribution in [0.15, 0.2) is 118 Å². The first kappa shape index (κ1) is 23.1. The minimum atomic E-state index is -0.196. The molecule has 0 spiro atoms. The average Bonchev–Trinajstić information content (AvgIpc) is 3.21. The first-order valence-corrected chi connectivity index (χ1v) is 12.2. The molecule has 4 aromatic rings. The molecule has 0 fully saturated rings. The maximum absolute atomic E-state index is 13.6. The summed E-state index contributed by atoms with van der Waals surface area (Å²) >= 11 is 9.55. The Bertz CT molecular complexity index is 1420. The molecule has 172 valence electrons. The minimum absolute atomic E-state index is 0.196. The van der Waals surface area contributed by atoms with Crippen LogP contribution in [0.4, 0.5) is 5.69 Å². The fourth-order valence-electron chi connectivity index (χ4n) is 3.76. The summed E-state index contributed by atoms with van der Waals surface area (Å²) in [6.45, 7) is 0.374. The fraction of sp³-hybridized carbons (Fsp3) is 0.0345. The van der Waals surface area contributed by atoms with Crippen LogP contribution < -0.4 is 9.75 Å². The van der Waals surface area contributed by atoms with E-state index in [1.807, 2.05) is 109 Å². The highest BCUT2D eigenvalue weighted by Crippen LogP contribution is 2.31. The average molecular weight is 544 g/mol. The van der Waals surface area contributed by atoms with Crippen LogP contribution in [0.25, 0.3) is 6.08 Å². The number of anilines is 1. The topological polar surface area (TPSA) is 41.9 Å². The molecule has 1 aliphatic heterocycles. The second-order valence-electron chi connectivity index (χ2n) is 7.92. The summed E-state index contributed by atoms with van der Waals surface area (Å²) in [4.78, 5) is 13.6. The molecular formula is C29H20BrClN2O2. The van der Waals surface area contributed by atoms with Gasteiger partial charge in [0.1, 0.15) is 18.1 Å². The van der Waals surface area contributed by atoms with Gasteiger partial charge in [0.05, 0.1) is 11.3 Å². The van der Waals surface area contributed by atoms with E-state index in [1.165, 1.54) is 5.01 Å². The molecular weight excluding hydrogens is 524 g/mol. The Balaban J connectivity index is 1.54. The highest BCUT2D eigenvalue weighted by molar-refractivity contribution is 9.10. The predicted octanol–water partition coefficient (Wildman–Crippen LogP) is 7.52. The Morgan fingerprint density at radius 2 is 1.57 bits per heavy atom. The van der Waals surface area contributed by atoms with Gasteiger partial charge in [-0.25, -0.2) is 0 Å². The van der Waals surface area contributed by atoms with Gasteiger partial charge >= 0.3 is 0 Å². The summed E-state index contributed by atoms with van der Waals surface area (Å²) in [7, 11) is 0. The van der Waals surface area contributed by atoms with Gasteiger partial charge in [0.25, 0.3) is 5.91 Å². The lowest BCUT2D eigenvalue weighted by Crippen LogP contribution is -2.21. The Morgan fingerprint density at radius 1 is 0.886 bits per heavy atom. The lowest BCUT2D eigenvalue weighted by atomic mass is 10.00. The number of para-hydroxylation sites is 1. The van der Waals surface area contributed by atoms with Crippen LogP contribution in [0, 0.1) is 0 Å². The Kier molecular flexibility index (Phi) is 6.80. The zero-order valence-corrected chi connectivity index (χ0v) is 20.9. The van der Waals surface area contributed by atoms with E-state index in [0.29, 0.717) is 34.4 Å². The minimum Gasteiger partial charge on any atom is -0.488 e. The SMILES string of the molecule is O=C1/C(=C\c2cc(Br)ccc2OCc2ccc(Cl)cc2)C(c2ccccc2)=NN1c1ccccc1. The summed E-state index contributed by atoms with van der Waals surface area (Å²) in [6, 6.07) is 32.4. The molecule has 0 saturated heterocycles. The van der Waals surface area contributed by atoms with E-state index in [4.69, 9.17) is 21.4 Å². The summed E-state index contributed by atoms with van der Waals surface area (Å²) in [6.07, 6.45) is 1.85. The number of carbonyl (C=O) groups is 1. The van der Waals surface area contributed by atoms with Gasteiger partial charge in [0.2, 0.25) is 0 Å². The number of rotatable bonds is 6. The number of nitrogens with zero attached hydrogens (tertiary/aromatic N) is 2. The maximum Gasteiger partial charge on any atom is 0.281 e. The molecule has 0 unspecified atom stereocenters. The molecule has 1 aliphatic rings. The van der Waals surface area contributed by atoms with Gasteiger partial charge in [-0.3, -0.25) is 4.79 Å². The molecule has 1 heterocycles. The standard InChI is InChI=1S/C29H20BrClN2O2/c30-23-13-16-27(35-19-20-11-14-24(31)15-12-20)22(17-23)18-26-28(21-7-3-1-4-8-21)32-33(29(26)34)25-9-5-2-6-10-25/h1-18H,19H2/b26-18-. The van der Waals surface area contributed by atoms with E-state index in [1.54, 1.807) is 0 Å². The van der Waals surface area contributed by atoms with Crippen molar-refractivity contribution in [2.24, 2.45) is 5.10 Å². The van der Waals surface area contributed by atoms with Crippen molar-refractivity contribution >= 4 is 50.9 Å². The lowest BCUT2D eigenvalue weighted by molar-refractivity contribution is -0.114. The molecule has 35 heavy (non-hydrogen) atoms. The van der Waals surface area contributed by atoms with Gasteiger partial charge in [-0.05, 0) is 54.1 Å². The molecule has 6 heteroatoms. The van der Waals surface area contributed by atoms with Crippen molar-refractivity contribution in [2.45, 2.75) is 6.61 Å². The van der Waals surface area contributed by atoms with E-state index in [-0.39, 0.29) is 5.91 Å². The van der Waals surface area contributed by atoms with E-state index in [9.17, 15) is 4.79 Å². The number of amides is 1. The summed E-state index contributed by atoms with van der Waals surface area (Å²) in [5.74, 6) is 0.465. The van der Waals surface area contributed by atoms with Crippen LogP contribution >= 0.6 is 27.5 Å². The van der Waals surface area contributed by atoms with E-state index >= 15 is 0 Å². The second-order valence-corrected chi connectivity index (χ2v) is 9.27. The zero-order chi connectivity index (χ0) is 24.2. The van der Waals surface area contributed by atoms with E-state index in [2.05, 4.69) is 15.9 Å². The number of halogens is 2. The smallest absolute Gasteiger partial charge is 0.281 e. The molecule has 0 saturated carbocycles. The third-order valence-corrected chi connectivity index (χ3v) is 6.25. The van der Waals surface area contributed by atoms with Crippen molar-refractivity contribution < 1.29 is 9.53 Å². The number of benzene rings is 4. The van der Waals surface area contributed by atoms with Gasteiger partial charge in [0.15, 0.2) is 0 Å². The molecule has 0 radical (unpaired) electrons. The largest absolute Gasteiger partial charge is 0.488 e. The molecule has 0 aliphatic carbocycles. The third-order valence-electron chi connectivity index (χ3n) is 5.51. The first-order chi connectivity index (χ1) is 17.1. The Morgan fingerprint density at radius 3 is 2.29 bits per heavy atom. The maximum atomic E-state index is 13.6. The quantitative estimate of drug-likeness (QED) is 0.236. The first-order valence-electron chi connectivity index (χ1n) is 11.0. The highest BCUT2D eigenvalue weighted by atomic mass is 79.9. The molecule has 4 aromatic carbocycles. The lowest BCUT2D eigenvalue weighted by Gasteiger charge is -2.12. The normalized spacial score (nSPS) is 14.3. The highest BCUT2D eigenvalue weighted by Gasteiger charge is 2.32. The number of hydrogen-bond donors (Lipinski definition) is 0. The van der Waals surface area contributed by atoms with Crippen molar-refractivity contribution in [2.75, 3.05) is 5.01 Å². The van der Waals surface area contributed by atoms with Crippen LogP contribution in [-0.4, -0.2) is 11.6 Å². The summed E-state index contributed by atoms with van der Waals surface area (Å²) in [5.41, 5.74) is 4.45. The summed E-state index contributed by atoms with van der Waals surface area (Å²) in [5, 5.41) is 6.83. The van der Waals surface area contributed by atoms with Crippen LogP contribution in [0.2, 0.25) is 5.02 Å². The molecule has 0 atom stereocenters. The number of carbonyl (C=O) groups excluding carboxylic acids is 1. The van der Waals surface area contributed by atoms with E-state index < -0.39 is 0 Å². The molecule has 0 bridgehead atoms. The van der Waals surface area contributed by atoms with Gasteiger partial charge in [-0.1, -0.05) is 88.2 Å². The second kappa shape index (κ2) is 10.3. The molecule has 4 nitrogen and oxygen atoms in total. The molecule has 0 aromatic heterocycles. The molecule has 0 N–H and O–H groups in total. The van der Waals surface area contributed by atoms with Gasteiger partial charge < -0.3 is 4.74 Å². The molecule has 5 rings (SSSR count). The van der Waals surface area contributed by atoms with Crippen molar-refractivity contribution in [3.05, 3.63) is 135 Å². The Labute approximate surface area is 217 Å². The van der Waals surface area contributed by atoms with Gasteiger partial charge in [-0.15, -0.1) is 0 Å². The van der Waals surface area contributed by atoms with Crippen molar-refractivity contribution in [1.82, 2.24) is 0 Å². The summed E-state index contributed by atoms with van der Waals surface area (Å²) < 4.78 is 7.02. The molecule has 1 amide bonds. The van der Waals surface area contributed by atoms with E-state index in [0.717, 1.165) is 21.2 Å². The zero-order valence-electron chi connectivity index (χ0n) is 18.6. The number of hydrogen-bond acceptors (Lipinski definition) is 3. The van der Waals surface area contributed by atoms with Crippen LogP contribution in [0.3, 0.4) is 0 Å². The van der Waals surface area contributed by atoms with Crippen LogP contribution in [0.1, 0.15) is 16.7 Å².